The molecular formula is C16H20O3. The average Bonchev–Trinajstić information content (AvgIpc) is 2.45. The maximum absolute atomic E-state index is 11.2. The third-order valence-electron chi connectivity index (χ3n) is 2.54. The highest BCUT2D eigenvalue weighted by Gasteiger charge is 2.02. The summed E-state index contributed by atoms with van der Waals surface area (Å²) in [5.41, 5.74) is 2.13. The number of hydrogen-bond donors (Lipinski definition) is 0. The molecule has 3 nitrogen and oxygen atoms in total. The third kappa shape index (κ3) is 6.46. The quantitative estimate of drug-likeness (QED) is 0.427. The molecule has 0 aromatic heterocycles. The largest absolute Gasteiger partial charge is 0.501 e. The number of benzene rings is 1. The molecule has 0 bridgehead atoms. The van der Waals surface area contributed by atoms with E-state index in [1.807, 2.05) is 49.4 Å². The van der Waals surface area contributed by atoms with E-state index in [-0.39, 0.29) is 5.97 Å². The summed E-state index contributed by atoms with van der Waals surface area (Å²) in [6, 6.07) is 9.98. The minimum atomic E-state index is -0.205. The van der Waals surface area contributed by atoms with Crippen molar-refractivity contribution in [3.05, 3.63) is 53.8 Å². The van der Waals surface area contributed by atoms with Crippen LogP contribution in [0.25, 0.3) is 6.08 Å². The van der Waals surface area contributed by atoms with Crippen LogP contribution < -0.4 is 0 Å². The van der Waals surface area contributed by atoms with Gasteiger partial charge in [-0.1, -0.05) is 36.4 Å². The van der Waals surface area contributed by atoms with Crippen molar-refractivity contribution in [3.8, 4) is 0 Å². The van der Waals surface area contributed by atoms with Crippen molar-refractivity contribution in [3.63, 3.8) is 0 Å². The standard InChI is InChI=1S/C16H20O3/c1-3-19-12-11-15(9-10-16(17)18-2)13-14-7-5-4-6-8-14/h4-8,11-13H,3,9-10H2,1-2H3. The van der Waals surface area contributed by atoms with Gasteiger partial charge in [0.2, 0.25) is 0 Å². The van der Waals surface area contributed by atoms with Gasteiger partial charge in [-0.15, -0.1) is 0 Å². The van der Waals surface area contributed by atoms with Gasteiger partial charge in [-0.2, -0.15) is 0 Å². The van der Waals surface area contributed by atoms with Crippen LogP contribution in [-0.2, 0) is 14.3 Å². The molecule has 0 unspecified atom stereocenters. The second-order valence-electron chi connectivity index (χ2n) is 3.96. The van der Waals surface area contributed by atoms with Gasteiger partial charge in [0.05, 0.1) is 20.0 Å². The molecule has 0 heterocycles. The maximum Gasteiger partial charge on any atom is 0.305 e. The van der Waals surface area contributed by atoms with E-state index in [2.05, 4.69) is 4.74 Å². The minimum absolute atomic E-state index is 0.205. The zero-order chi connectivity index (χ0) is 13.9. The van der Waals surface area contributed by atoms with Crippen LogP contribution in [0.1, 0.15) is 25.3 Å². The second-order valence-corrected chi connectivity index (χ2v) is 3.96. The fourth-order valence-electron chi connectivity index (χ4n) is 1.55. The lowest BCUT2D eigenvalue weighted by atomic mass is 10.1. The highest BCUT2D eigenvalue weighted by atomic mass is 16.5. The fraction of sp³-hybridized carbons (Fsp3) is 0.312. The molecule has 0 spiro atoms. The molecule has 0 saturated heterocycles. The monoisotopic (exact) mass is 260 g/mol. The van der Waals surface area contributed by atoms with Crippen LogP contribution in [0.15, 0.2) is 48.2 Å². The smallest absolute Gasteiger partial charge is 0.305 e. The summed E-state index contributed by atoms with van der Waals surface area (Å²) < 4.78 is 9.85. The van der Waals surface area contributed by atoms with E-state index in [0.29, 0.717) is 19.4 Å². The van der Waals surface area contributed by atoms with Gasteiger partial charge in [0.1, 0.15) is 0 Å². The summed E-state index contributed by atoms with van der Waals surface area (Å²) >= 11 is 0. The Hall–Kier alpha value is -2.03. The van der Waals surface area contributed by atoms with E-state index < -0.39 is 0 Å². The SMILES string of the molecule is CCOC=CC(=Cc1ccccc1)CCC(=O)OC. The zero-order valence-corrected chi connectivity index (χ0v) is 11.5. The molecule has 0 aliphatic carbocycles. The van der Waals surface area contributed by atoms with Crippen LogP contribution >= 0.6 is 0 Å². The van der Waals surface area contributed by atoms with E-state index >= 15 is 0 Å². The van der Waals surface area contributed by atoms with Gasteiger partial charge in [0, 0.05) is 6.42 Å². The Balaban J connectivity index is 2.74. The van der Waals surface area contributed by atoms with Gasteiger partial charge in [0.25, 0.3) is 0 Å². The Morgan fingerprint density at radius 3 is 2.58 bits per heavy atom. The summed E-state index contributed by atoms with van der Waals surface area (Å²) in [5.74, 6) is -0.205. The van der Waals surface area contributed by atoms with E-state index in [1.165, 1.54) is 7.11 Å². The van der Waals surface area contributed by atoms with Crippen molar-refractivity contribution in [1.29, 1.82) is 0 Å². The number of carbonyl (C=O) groups excluding carboxylic acids is 1. The summed E-state index contributed by atoms with van der Waals surface area (Å²) in [6.45, 7) is 2.56. The van der Waals surface area contributed by atoms with Crippen LogP contribution in [0.3, 0.4) is 0 Å². The Labute approximate surface area is 114 Å². The molecule has 102 valence electrons. The zero-order valence-electron chi connectivity index (χ0n) is 11.5. The topological polar surface area (TPSA) is 35.5 Å². The third-order valence-corrected chi connectivity index (χ3v) is 2.54. The normalized spacial score (nSPS) is 11.6. The van der Waals surface area contributed by atoms with Gasteiger partial charge in [-0.25, -0.2) is 0 Å². The molecule has 0 radical (unpaired) electrons. The minimum Gasteiger partial charge on any atom is -0.501 e. The number of allylic oxidation sites excluding steroid dienone is 2. The molecule has 1 aromatic carbocycles. The lowest BCUT2D eigenvalue weighted by molar-refractivity contribution is -0.140. The Kier molecular flexibility index (Phi) is 7.10. The molecule has 19 heavy (non-hydrogen) atoms. The van der Waals surface area contributed by atoms with Gasteiger partial charge in [-0.3, -0.25) is 4.79 Å². The van der Waals surface area contributed by atoms with Crippen molar-refractivity contribution >= 4 is 12.0 Å². The Morgan fingerprint density at radius 1 is 1.21 bits per heavy atom. The van der Waals surface area contributed by atoms with Crippen molar-refractivity contribution in [2.45, 2.75) is 19.8 Å². The lowest BCUT2D eigenvalue weighted by Gasteiger charge is -2.03. The second kappa shape index (κ2) is 8.97. The average molecular weight is 260 g/mol. The molecule has 0 N–H and O–H groups in total. The molecule has 1 aromatic rings. The fourth-order valence-corrected chi connectivity index (χ4v) is 1.55. The number of hydrogen-bond acceptors (Lipinski definition) is 3. The highest BCUT2D eigenvalue weighted by molar-refractivity contribution is 5.70. The van der Waals surface area contributed by atoms with Crippen molar-refractivity contribution in [1.82, 2.24) is 0 Å². The molecule has 0 fully saturated rings. The molecular weight excluding hydrogens is 240 g/mol. The number of esters is 1. The van der Waals surface area contributed by atoms with Gasteiger partial charge in [0.15, 0.2) is 0 Å². The van der Waals surface area contributed by atoms with Crippen molar-refractivity contribution in [2.24, 2.45) is 0 Å². The van der Waals surface area contributed by atoms with E-state index in [0.717, 1.165) is 11.1 Å². The van der Waals surface area contributed by atoms with Gasteiger partial charge in [-0.05, 0) is 30.6 Å². The molecule has 1 rings (SSSR count). The molecule has 0 amide bonds. The van der Waals surface area contributed by atoms with Crippen LogP contribution in [-0.4, -0.2) is 19.7 Å². The summed E-state index contributed by atoms with van der Waals surface area (Å²) in [6.07, 6.45) is 6.58. The van der Waals surface area contributed by atoms with Crippen LogP contribution in [0.2, 0.25) is 0 Å². The van der Waals surface area contributed by atoms with Crippen LogP contribution in [0, 0.1) is 0 Å². The van der Waals surface area contributed by atoms with Crippen molar-refractivity contribution in [2.75, 3.05) is 13.7 Å². The first-order valence-electron chi connectivity index (χ1n) is 6.37. The first kappa shape index (κ1) is 15.0. The molecule has 0 atom stereocenters. The molecule has 0 saturated carbocycles. The summed E-state index contributed by atoms with van der Waals surface area (Å²) in [5, 5.41) is 0. The molecule has 0 aliphatic heterocycles. The Bertz CT molecular complexity index is 433. The maximum atomic E-state index is 11.2. The lowest BCUT2D eigenvalue weighted by Crippen LogP contribution is -1.99. The first-order chi connectivity index (χ1) is 9.26. The summed E-state index contributed by atoms with van der Waals surface area (Å²) in [4.78, 5) is 11.2. The number of rotatable bonds is 7. The number of methoxy groups -OCH3 is 1. The highest BCUT2D eigenvalue weighted by Crippen LogP contribution is 2.13. The van der Waals surface area contributed by atoms with Crippen molar-refractivity contribution < 1.29 is 14.3 Å². The van der Waals surface area contributed by atoms with Crippen LogP contribution in [0.4, 0.5) is 0 Å². The predicted octanol–water partition coefficient (Wildman–Crippen LogP) is 3.57. The van der Waals surface area contributed by atoms with Crippen LogP contribution in [0.5, 0.6) is 0 Å². The number of carbonyl (C=O) groups is 1. The number of ether oxygens (including phenoxy) is 2. The Morgan fingerprint density at radius 2 is 1.95 bits per heavy atom. The predicted molar refractivity (Wildman–Crippen MR) is 76.4 cm³/mol. The first-order valence-corrected chi connectivity index (χ1v) is 6.37. The molecule has 0 aliphatic rings. The molecule has 3 heteroatoms. The van der Waals surface area contributed by atoms with Gasteiger partial charge < -0.3 is 9.47 Å². The van der Waals surface area contributed by atoms with E-state index in [1.54, 1.807) is 6.26 Å². The van der Waals surface area contributed by atoms with E-state index in [9.17, 15) is 4.79 Å². The summed E-state index contributed by atoms with van der Waals surface area (Å²) in [7, 11) is 1.40. The van der Waals surface area contributed by atoms with Gasteiger partial charge >= 0.3 is 5.97 Å². The van der Waals surface area contributed by atoms with E-state index in [4.69, 9.17) is 4.74 Å².